The van der Waals surface area contributed by atoms with Gasteiger partial charge in [0, 0.05) is 10.0 Å². The van der Waals surface area contributed by atoms with Crippen LogP contribution in [0.2, 0.25) is 0 Å². The molecule has 1 amide bonds. The van der Waals surface area contributed by atoms with E-state index in [1.807, 2.05) is 0 Å². The molecule has 0 saturated carbocycles. The first-order valence-corrected chi connectivity index (χ1v) is 12.5. The number of esters is 1. The molecule has 0 atom stereocenters. The number of aliphatic hydroxyl groups is 1. The zero-order valence-corrected chi connectivity index (χ0v) is 22.2. The Morgan fingerprint density at radius 3 is 2.11 bits per heavy atom. The molecule has 0 aliphatic carbocycles. The summed E-state index contributed by atoms with van der Waals surface area (Å²) in [7, 11) is 0. The largest absolute Gasteiger partial charge is 0.421 e. The van der Waals surface area contributed by atoms with E-state index in [0.29, 0.717) is 25.6 Å². The first kappa shape index (κ1) is 26.4. The van der Waals surface area contributed by atoms with Crippen molar-refractivity contribution in [3.8, 4) is 5.75 Å². The van der Waals surface area contributed by atoms with Crippen LogP contribution in [0.3, 0.4) is 0 Å². The fourth-order valence-corrected chi connectivity index (χ4v) is 4.92. The molecule has 4 rings (SSSR count). The van der Waals surface area contributed by atoms with Gasteiger partial charge in [-0.1, -0.05) is 82.7 Å². The van der Waals surface area contributed by atoms with E-state index in [-0.39, 0.29) is 11.3 Å². The second-order valence-electron chi connectivity index (χ2n) is 7.85. The average molecular weight is 626 g/mol. The lowest BCUT2D eigenvalue weighted by Gasteiger charge is -2.27. The minimum Gasteiger partial charge on any atom is -0.421 e. The SMILES string of the molecule is O=C(Oc1c(Br)cc(Br)cc1/C=N\NC(=O)C(O)(c1ccccc1)c1ccccc1)c1cccc(F)c1. The molecule has 2 N–H and O–H groups in total. The molecule has 4 aromatic carbocycles. The van der Waals surface area contributed by atoms with Crippen molar-refractivity contribution in [2.75, 3.05) is 0 Å². The van der Waals surface area contributed by atoms with E-state index in [1.54, 1.807) is 72.8 Å². The van der Waals surface area contributed by atoms with E-state index in [4.69, 9.17) is 4.74 Å². The molecule has 186 valence electrons. The highest BCUT2D eigenvalue weighted by molar-refractivity contribution is 9.11. The Morgan fingerprint density at radius 1 is 0.892 bits per heavy atom. The van der Waals surface area contributed by atoms with Crippen LogP contribution in [0.25, 0.3) is 0 Å². The number of ether oxygens (including phenoxy) is 1. The zero-order valence-electron chi connectivity index (χ0n) is 19.1. The molecule has 0 radical (unpaired) electrons. The fourth-order valence-electron chi connectivity index (χ4n) is 3.58. The standard InChI is InChI=1S/C28H19Br2FN2O4/c29-22-14-19(25(24(30)16-22)37-26(34)18-8-7-13-23(31)15-18)17-32-33-27(35)28(36,20-9-3-1-4-10-20)21-11-5-2-6-12-21/h1-17,36H,(H,33,35)/b32-17-. The lowest BCUT2D eigenvalue weighted by atomic mass is 9.85. The number of hydrogen-bond donors (Lipinski definition) is 2. The molecule has 37 heavy (non-hydrogen) atoms. The number of hydrazone groups is 1. The van der Waals surface area contributed by atoms with Crippen molar-refractivity contribution < 1.29 is 23.8 Å². The quantitative estimate of drug-likeness (QED) is 0.115. The molecule has 0 aromatic heterocycles. The molecule has 0 unspecified atom stereocenters. The van der Waals surface area contributed by atoms with Gasteiger partial charge in [-0.05, 0) is 57.4 Å². The third-order valence-electron chi connectivity index (χ3n) is 5.37. The van der Waals surface area contributed by atoms with Crippen LogP contribution in [-0.2, 0) is 10.4 Å². The minimum absolute atomic E-state index is 0.0294. The normalized spacial score (nSPS) is 11.4. The highest BCUT2D eigenvalue weighted by atomic mass is 79.9. The second kappa shape index (κ2) is 11.6. The summed E-state index contributed by atoms with van der Waals surface area (Å²) >= 11 is 6.73. The van der Waals surface area contributed by atoms with E-state index in [9.17, 15) is 19.1 Å². The monoisotopic (exact) mass is 624 g/mol. The van der Waals surface area contributed by atoms with Crippen LogP contribution in [0, 0.1) is 5.82 Å². The summed E-state index contributed by atoms with van der Waals surface area (Å²) in [5, 5.41) is 15.5. The molecule has 4 aromatic rings. The van der Waals surface area contributed by atoms with Gasteiger partial charge in [0.05, 0.1) is 16.3 Å². The van der Waals surface area contributed by atoms with Crippen LogP contribution in [0.15, 0.2) is 111 Å². The predicted molar refractivity (Wildman–Crippen MR) is 145 cm³/mol. The molecule has 6 nitrogen and oxygen atoms in total. The number of carbonyl (C=O) groups is 2. The molecule has 0 saturated heterocycles. The highest BCUT2D eigenvalue weighted by Gasteiger charge is 2.39. The molecule has 0 bridgehead atoms. The van der Waals surface area contributed by atoms with E-state index >= 15 is 0 Å². The summed E-state index contributed by atoms with van der Waals surface area (Å²) in [5.74, 6) is -2.02. The van der Waals surface area contributed by atoms with Crippen LogP contribution in [0.1, 0.15) is 27.0 Å². The summed E-state index contributed by atoms with van der Waals surface area (Å²) in [5.41, 5.74) is 1.46. The molecule has 0 heterocycles. The van der Waals surface area contributed by atoms with Gasteiger partial charge in [0.1, 0.15) is 5.82 Å². The minimum atomic E-state index is -2.01. The van der Waals surface area contributed by atoms with Crippen LogP contribution >= 0.6 is 31.9 Å². The Balaban J connectivity index is 1.62. The van der Waals surface area contributed by atoms with E-state index in [2.05, 4.69) is 42.4 Å². The van der Waals surface area contributed by atoms with Crippen LogP contribution in [0.5, 0.6) is 5.75 Å². The Labute approximate surface area is 229 Å². The number of rotatable bonds is 7. The van der Waals surface area contributed by atoms with Crippen molar-refractivity contribution in [3.05, 3.63) is 134 Å². The van der Waals surface area contributed by atoms with Crippen molar-refractivity contribution in [2.45, 2.75) is 5.60 Å². The van der Waals surface area contributed by atoms with E-state index in [0.717, 1.165) is 6.07 Å². The molecule has 9 heteroatoms. The van der Waals surface area contributed by atoms with Crippen LogP contribution in [-0.4, -0.2) is 23.2 Å². The van der Waals surface area contributed by atoms with Crippen molar-refractivity contribution in [1.29, 1.82) is 0 Å². The zero-order chi connectivity index (χ0) is 26.4. The molecule has 0 aliphatic rings. The lowest BCUT2D eigenvalue weighted by molar-refractivity contribution is -0.136. The summed E-state index contributed by atoms with van der Waals surface area (Å²) in [6.07, 6.45) is 1.28. The fraction of sp³-hybridized carbons (Fsp3) is 0.0357. The van der Waals surface area contributed by atoms with Gasteiger partial charge in [0.2, 0.25) is 0 Å². The summed E-state index contributed by atoms with van der Waals surface area (Å²) in [6.45, 7) is 0. The number of benzene rings is 4. The second-order valence-corrected chi connectivity index (χ2v) is 9.62. The summed E-state index contributed by atoms with van der Waals surface area (Å²) in [6, 6.07) is 25.4. The number of halogens is 3. The van der Waals surface area contributed by atoms with Crippen molar-refractivity contribution >= 4 is 50.0 Å². The van der Waals surface area contributed by atoms with Crippen LogP contribution in [0.4, 0.5) is 4.39 Å². The molecule has 0 fully saturated rings. The summed E-state index contributed by atoms with van der Waals surface area (Å²) < 4.78 is 20.1. The van der Waals surface area contributed by atoms with Gasteiger partial charge >= 0.3 is 5.97 Å². The average Bonchev–Trinajstić information content (AvgIpc) is 2.90. The van der Waals surface area contributed by atoms with Gasteiger partial charge in [-0.15, -0.1) is 0 Å². The maximum atomic E-state index is 13.6. The van der Waals surface area contributed by atoms with Gasteiger partial charge in [0.15, 0.2) is 11.4 Å². The first-order valence-electron chi connectivity index (χ1n) is 10.9. The van der Waals surface area contributed by atoms with Gasteiger partial charge < -0.3 is 9.84 Å². The first-order chi connectivity index (χ1) is 17.8. The van der Waals surface area contributed by atoms with Gasteiger partial charge in [-0.2, -0.15) is 5.10 Å². The number of nitrogens with one attached hydrogen (secondary N) is 1. The van der Waals surface area contributed by atoms with Gasteiger partial charge in [0.25, 0.3) is 5.91 Å². The van der Waals surface area contributed by atoms with Crippen molar-refractivity contribution in [2.24, 2.45) is 5.10 Å². The molecular weight excluding hydrogens is 607 g/mol. The van der Waals surface area contributed by atoms with E-state index < -0.39 is 23.3 Å². The molecular formula is C28H19Br2FN2O4. The van der Waals surface area contributed by atoms with Crippen LogP contribution < -0.4 is 10.2 Å². The Morgan fingerprint density at radius 2 is 1.51 bits per heavy atom. The Bertz CT molecular complexity index is 1420. The van der Waals surface area contributed by atoms with E-state index in [1.165, 1.54) is 24.4 Å². The Kier molecular flexibility index (Phi) is 8.27. The third-order valence-corrected chi connectivity index (χ3v) is 6.42. The maximum Gasteiger partial charge on any atom is 0.343 e. The van der Waals surface area contributed by atoms with Crippen molar-refractivity contribution in [1.82, 2.24) is 5.43 Å². The van der Waals surface area contributed by atoms with Crippen molar-refractivity contribution in [3.63, 3.8) is 0 Å². The molecule has 0 aliphatic heterocycles. The van der Waals surface area contributed by atoms with Gasteiger partial charge in [-0.3, -0.25) is 4.79 Å². The number of hydrogen-bond acceptors (Lipinski definition) is 5. The molecule has 0 spiro atoms. The maximum absolute atomic E-state index is 13.6. The highest BCUT2D eigenvalue weighted by Crippen LogP contribution is 2.33. The smallest absolute Gasteiger partial charge is 0.343 e. The number of amides is 1. The Hall–Kier alpha value is -3.66. The van der Waals surface area contributed by atoms with Gasteiger partial charge in [-0.25, -0.2) is 14.6 Å². The number of nitrogens with zero attached hydrogens (tertiary/aromatic N) is 1. The topological polar surface area (TPSA) is 88.0 Å². The summed E-state index contributed by atoms with van der Waals surface area (Å²) in [4.78, 5) is 25.9. The third kappa shape index (κ3) is 6.02. The number of carbonyl (C=O) groups excluding carboxylic acids is 2. The lowest BCUT2D eigenvalue weighted by Crippen LogP contribution is -2.43. The predicted octanol–water partition coefficient (Wildman–Crippen LogP) is 5.96.